The molecule has 1 aliphatic rings. The molecule has 8 heteroatoms. The third-order valence-corrected chi connectivity index (χ3v) is 5.11. The Bertz CT molecular complexity index is 815. The normalized spacial score (nSPS) is 16.6. The first-order valence-electron chi connectivity index (χ1n) is 10.3. The van der Waals surface area contributed by atoms with Gasteiger partial charge in [0.1, 0.15) is 18.2 Å². The Morgan fingerprint density at radius 1 is 1.27 bits per heavy atom. The van der Waals surface area contributed by atoms with Crippen LogP contribution >= 0.6 is 11.6 Å². The maximum atomic E-state index is 6.30. The van der Waals surface area contributed by atoms with Crippen molar-refractivity contribution in [3.05, 3.63) is 53.2 Å². The lowest BCUT2D eigenvalue weighted by Gasteiger charge is -2.20. The van der Waals surface area contributed by atoms with Gasteiger partial charge >= 0.3 is 0 Å². The lowest BCUT2D eigenvalue weighted by molar-refractivity contribution is 0.146. The summed E-state index contributed by atoms with van der Waals surface area (Å²) in [6.07, 6.45) is 2.78. The highest BCUT2D eigenvalue weighted by Gasteiger charge is 2.25. The molecular weight excluding hydrogens is 402 g/mol. The number of hydrogen-bond acceptors (Lipinski definition) is 5. The van der Waals surface area contributed by atoms with Gasteiger partial charge in [0.25, 0.3) is 0 Å². The Labute approximate surface area is 183 Å². The summed E-state index contributed by atoms with van der Waals surface area (Å²) in [5.74, 6) is 2.50. The molecule has 7 nitrogen and oxygen atoms in total. The average Bonchev–Trinajstić information content (AvgIpc) is 3.22. The number of aliphatic imine (C=N–C) groups is 1. The number of pyridine rings is 1. The van der Waals surface area contributed by atoms with Gasteiger partial charge in [0.05, 0.1) is 18.2 Å². The van der Waals surface area contributed by atoms with E-state index in [1.165, 1.54) is 0 Å². The molecule has 0 radical (unpaired) electrons. The number of benzene rings is 1. The highest BCUT2D eigenvalue weighted by atomic mass is 35.5. The van der Waals surface area contributed by atoms with Gasteiger partial charge in [-0.1, -0.05) is 23.7 Å². The van der Waals surface area contributed by atoms with Crippen LogP contribution in [0.5, 0.6) is 5.75 Å². The van der Waals surface area contributed by atoms with Gasteiger partial charge in [-0.3, -0.25) is 0 Å². The number of anilines is 1. The first-order chi connectivity index (χ1) is 14.7. The highest BCUT2D eigenvalue weighted by Crippen LogP contribution is 2.25. The van der Waals surface area contributed by atoms with E-state index < -0.39 is 0 Å². The van der Waals surface area contributed by atoms with Crippen LogP contribution in [0.4, 0.5) is 5.82 Å². The molecule has 1 saturated heterocycles. The molecule has 2 aromatic rings. The number of rotatable bonds is 9. The van der Waals surface area contributed by atoms with Crippen LogP contribution in [-0.2, 0) is 11.3 Å². The second-order valence-corrected chi connectivity index (χ2v) is 7.47. The molecule has 1 aromatic heterocycles. The lowest BCUT2D eigenvalue weighted by Crippen LogP contribution is -2.44. The summed E-state index contributed by atoms with van der Waals surface area (Å²) < 4.78 is 10.6. The molecule has 3 rings (SSSR count). The summed E-state index contributed by atoms with van der Waals surface area (Å²) >= 11 is 6.30. The Hall–Kier alpha value is -2.51. The molecule has 2 N–H and O–H groups in total. The minimum absolute atomic E-state index is 0.289. The third kappa shape index (κ3) is 6.50. The predicted molar refractivity (Wildman–Crippen MR) is 122 cm³/mol. The predicted octanol–water partition coefficient (Wildman–Crippen LogP) is 3.09. The summed E-state index contributed by atoms with van der Waals surface area (Å²) in [6, 6.07) is 12.0. The zero-order chi connectivity index (χ0) is 21.2. The van der Waals surface area contributed by atoms with Crippen molar-refractivity contribution in [2.24, 2.45) is 4.99 Å². The number of ether oxygens (including phenoxy) is 2. The van der Waals surface area contributed by atoms with Crippen LogP contribution in [0.1, 0.15) is 18.9 Å². The summed E-state index contributed by atoms with van der Waals surface area (Å²) in [7, 11) is 1.66. The highest BCUT2D eigenvalue weighted by molar-refractivity contribution is 6.32. The Morgan fingerprint density at radius 2 is 2.10 bits per heavy atom. The van der Waals surface area contributed by atoms with Crippen molar-refractivity contribution in [3.63, 3.8) is 0 Å². The van der Waals surface area contributed by atoms with Gasteiger partial charge in [-0.2, -0.15) is 0 Å². The van der Waals surface area contributed by atoms with Crippen molar-refractivity contribution in [2.75, 3.05) is 44.9 Å². The van der Waals surface area contributed by atoms with E-state index >= 15 is 0 Å². The molecule has 1 aliphatic heterocycles. The van der Waals surface area contributed by atoms with Crippen LogP contribution in [0, 0.1) is 0 Å². The Kier molecular flexibility index (Phi) is 8.59. The first kappa shape index (κ1) is 22.2. The molecule has 0 saturated carbocycles. The van der Waals surface area contributed by atoms with Gasteiger partial charge in [0.2, 0.25) is 0 Å². The molecule has 0 amide bonds. The summed E-state index contributed by atoms with van der Waals surface area (Å²) in [4.78, 5) is 11.4. The van der Waals surface area contributed by atoms with E-state index in [1.54, 1.807) is 13.3 Å². The van der Waals surface area contributed by atoms with E-state index in [4.69, 9.17) is 26.1 Å². The summed E-state index contributed by atoms with van der Waals surface area (Å²) in [6.45, 7) is 6.35. The van der Waals surface area contributed by atoms with E-state index in [9.17, 15) is 0 Å². The average molecular weight is 432 g/mol. The molecular formula is C22H30ClN5O2. The molecule has 1 aromatic carbocycles. The van der Waals surface area contributed by atoms with Crippen molar-refractivity contribution < 1.29 is 9.47 Å². The third-order valence-electron chi connectivity index (χ3n) is 4.81. The van der Waals surface area contributed by atoms with Crippen molar-refractivity contribution in [1.29, 1.82) is 0 Å². The SMILES string of the molecule is CCNC(=NCc1ccc(OCCOC)cc1)NC1CCN(c2ncccc2Cl)C1. The number of aromatic nitrogens is 1. The van der Waals surface area contributed by atoms with Crippen LogP contribution in [0.3, 0.4) is 0 Å². The van der Waals surface area contributed by atoms with Gasteiger partial charge in [-0.15, -0.1) is 0 Å². The van der Waals surface area contributed by atoms with Gasteiger partial charge in [0.15, 0.2) is 5.96 Å². The Balaban J connectivity index is 1.54. The first-order valence-corrected chi connectivity index (χ1v) is 10.7. The standard InChI is InChI=1S/C22H30ClN5O2/c1-3-24-22(26-15-17-6-8-19(9-7-17)30-14-13-29-2)27-18-10-12-28(16-18)21-20(23)5-4-11-25-21/h4-9,11,18H,3,10,12-16H2,1-2H3,(H2,24,26,27). The Morgan fingerprint density at radius 3 is 2.83 bits per heavy atom. The van der Waals surface area contributed by atoms with Gasteiger partial charge in [0, 0.05) is 39.0 Å². The monoisotopic (exact) mass is 431 g/mol. The van der Waals surface area contributed by atoms with E-state index in [2.05, 4.69) is 27.4 Å². The molecule has 0 spiro atoms. The fourth-order valence-electron chi connectivity index (χ4n) is 3.30. The molecule has 30 heavy (non-hydrogen) atoms. The van der Waals surface area contributed by atoms with Gasteiger partial charge in [-0.05, 0) is 43.2 Å². The van der Waals surface area contributed by atoms with Crippen molar-refractivity contribution in [2.45, 2.75) is 25.9 Å². The minimum Gasteiger partial charge on any atom is -0.491 e. The lowest BCUT2D eigenvalue weighted by atomic mass is 10.2. The van der Waals surface area contributed by atoms with E-state index in [0.717, 1.165) is 49.1 Å². The fraction of sp³-hybridized carbons (Fsp3) is 0.455. The smallest absolute Gasteiger partial charge is 0.191 e. The number of methoxy groups -OCH3 is 1. The van der Waals surface area contributed by atoms with Crippen LogP contribution < -0.4 is 20.3 Å². The second kappa shape index (κ2) is 11.6. The maximum absolute atomic E-state index is 6.30. The molecule has 162 valence electrons. The van der Waals surface area contributed by atoms with Crippen LogP contribution in [0.25, 0.3) is 0 Å². The number of nitrogens with one attached hydrogen (secondary N) is 2. The topological polar surface area (TPSA) is 71.0 Å². The minimum atomic E-state index is 0.289. The number of guanidine groups is 1. The van der Waals surface area contributed by atoms with E-state index in [0.29, 0.717) is 24.8 Å². The van der Waals surface area contributed by atoms with E-state index in [1.807, 2.05) is 36.4 Å². The molecule has 0 bridgehead atoms. The largest absolute Gasteiger partial charge is 0.491 e. The van der Waals surface area contributed by atoms with Gasteiger partial charge < -0.3 is 25.0 Å². The fourth-order valence-corrected chi connectivity index (χ4v) is 3.54. The quantitative estimate of drug-likeness (QED) is 0.361. The van der Waals surface area contributed by atoms with Gasteiger partial charge in [-0.25, -0.2) is 9.98 Å². The van der Waals surface area contributed by atoms with Crippen LogP contribution in [0.2, 0.25) is 5.02 Å². The number of nitrogens with zero attached hydrogens (tertiary/aromatic N) is 3. The second-order valence-electron chi connectivity index (χ2n) is 7.07. The zero-order valence-corrected chi connectivity index (χ0v) is 18.4. The van der Waals surface area contributed by atoms with Crippen molar-refractivity contribution in [3.8, 4) is 5.75 Å². The van der Waals surface area contributed by atoms with Crippen molar-refractivity contribution in [1.82, 2.24) is 15.6 Å². The van der Waals surface area contributed by atoms with Crippen molar-refractivity contribution >= 4 is 23.4 Å². The number of halogens is 1. The van der Waals surface area contributed by atoms with Crippen LogP contribution in [-0.4, -0.2) is 56.9 Å². The van der Waals surface area contributed by atoms with E-state index in [-0.39, 0.29) is 6.04 Å². The molecule has 1 unspecified atom stereocenters. The number of hydrogen-bond donors (Lipinski definition) is 2. The molecule has 1 fully saturated rings. The summed E-state index contributed by atoms with van der Waals surface area (Å²) in [5.41, 5.74) is 1.12. The maximum Gasteiger partial charge on any atom is 0.191 e. The van der Waals surface area contributed by atoms with Crippen LogP contribution in [0.15, 0.2) is 47.6 Å². The molecule has 1 atom stereocenters. The summed E-state index contributed by atoms with van der Waals surface area (Å²) in [5, 5.41) is 7.56. The molecule has 0 aliphatic carbocycles. The zero-order valence-electron chi connectivity index (χ0n) is 17.6. The molecule has 2 heterocycles.